The molecule has 0 amide bonds. The lowest BCUT2D eigenvalue weighted by atomic mass is 10.0. The number of fused-ring (bicyclic) bond motifs is 4. The van der Waals surface area contributed by atoms with E-state index < -0.39 is 0 Å². The summed E-state index contributed by atoms with van der Waals surface area (Å²) in [6.45, 7) is 2.56. The number of nitrogens with two attached hydrogens (primary N) is 1. The van der Waals surface area contributed by atoms with Crippen molar-refractivity contribution >= 4 is 17.3 Å². The Labute approximate surface area is 224 Å². The molecular formula is C31H35N7. The molecular weight excluding hydrogens is 470 g/mol. The van der Waals surface area contributed by atoms with Crippen LogP contribution in [0.5, 0.6) is 0 Å². The third kappa shape index (κ3) is 4.45. The van der Waals surface area contributed by atoms with E-state index in [-0.39, 0.29) is 0 Å². The van der Waals surface area contributed by atoms with Crippen molar-refractivity contribution in [2.45, 2.75) is 63.8 Å². The van der Waals surface area contributed by atoms with E-state index in [1.165, 1.54) is 73.0 Å². The molecule has 1 saturated heterocycles. The number of aryl methyl sites for hydroxylation is 4. The number of nitrogens with zero attached hydrogens (tertiary/aromatic N) is 5. The SMILES string of the molecule is Nc1cc(Nc2ccc3c(c2)CCC(N2CCCC2)CC3)nn1-c1cc2c(nn1)-c1ccccc1CCC2. The molecule has 7 nitrogen and oxygen atoms in total. The molecule has 0 saturated carbocycles. The van der Waals surface area contributed by atoms with Crippen LogP contribution in [-0.2, 0) is 25.7 Å². The first-order chi connectivity index (χ1) is 18.7. The van der Waals surface area contributed by atoms with E-state index >= 15 is 0 Å². The average Bonchev–Trinajstić information content (AvgIpc) is 3.49. The van der Waals surface area contributed by atoms with Gasteiger partial charge in [0.05, 0.1) is 5.69 Å². The van der Waals surface area contributed by atoms with Gasteiger partial charge in [-0.05, 0) is 111 Å². The third-order valence-electron chi connectivity index (χ3n) is 8.61. The first-order valence-corrected chi connectivity index (χ1v) is 14.1. The normalized spacial score (nSPS) is 19.2. The van der Waals surface area contributed by atoms with Crippen molar-refractivity contribution in [3.05, 3.63) is 76.9 Å². The molecule has 0 spiro atoms. The standard InChI is InChI=1S/C31H35N7/c32-28-20-29(33-25-13-10-21-11-14-26(15-12-23(21)18-25)37-16-3-4-17-37)36-38(28)30-19-24-8-5-7-22-6-1-2-9-27(22)31(24)35-34-30/h1-2,6,9-10,13,18-20,26H,3-5,7-8,11-12,14-17,32H2,(H,33,36). The summed E-state index contributed by atoms with van der Waals surface area (Å²) in [5.74, 6) is 1.91. The summed E-state index contributed by atoms with van der Waals surface area (Å²) < 4.78 is 1.69. The fourth-order valence-electron chi connectivity index (χ4n) is 6.61. The first-order valence-electron chi connectivity index (χ1n) is 14.1. The topological polar surface area (TPSA) is 84.9 Å². The first kappa shape index (κ1) is 23.4. The van der Waals surface area contributed by atoms with Crippen molar-refractivity contribution in [2.24, 2.45) is 0 Å². The highest BCUT2D eigenvalue weighted by molar-refractivity contribution is 5.68. The van der Waals surface area contributed by atoms with Gasteiger partial charge in [0.1, 0.15) is 5.82 Å². The summed E-state index contributed by atoms with van der Waals surface area (Å²) in [5.41, 5.74) is 15.1. The Morgan fingerprint density at radius 3 is 2.47 bits per heavy atom. The molecule has 194 valence electrons. The zero-order valence-electron chi connectivity index (χ0n) is 21.9. The number of nitrogen functional groups attached to an aromatic ring is 1. The largest absolute Gasteiger partial charge is 0.383 e. The van der Waals surface area contributed by atoms with E-state index in [2.05, 4.69) is 68.9 Å². The highest BCUT2D eigenvalue weighted by Gasteiger charge is 2.24. The Balaban J connectivity index is 1.10. The number of nitrogens with one attached hydrogen (secondary N) is 1. The second kappa shape index (κ2) is 9.87. The Bertz CT molecular complexity index is 1470. The van der Waals surface area contributed by atoms with E-state index in [0.717, 1.165) is 43.1 Å². The molecule has 38 heavy (non-hydrogen) atoms. The molecule has 1 atom stereocenters. The van der Waals surface area contributed by atoms with Crippen molar-refractivity contribution in [3.8, 4) is 17.1 Å². The molecule has 4 aromatic rings. The zero-order valence-corrected chi connectivity index (χ0v) is 21.9. The lowest BCUT2D eigenvalue weighted by molar-refractivity contribution is 0.222. The molecule has 3 heterocycles. The van der Waals surface area contributed by atoms with Crippen LogP contribution in [0.2, 0.25) is 0 Å². The predicted octanol–water partition coefficient (Wildman–Crippen LogP) is 5.49. The molecule has 0 bridgehead atoms. The van der Waals surface area contributed by atoms with Gasteiger partial charge in [0.2, 0.25) is 0 Å². The van der Waals surface area contributed by atoms with Crippen LogP contribution in [0, 0.1) is 0 Å². The van der Waals surface area contributed by atoms with Gasteiger partial charge >= 0.3 is 0 Å². The molecule has 7 rings (SSSR count). The minimum absolute atomic E-state index is 0.541. The Morgan fingerprint density at radius 2 is 1.58 bits per heavy atom. The number of aromatic nitrogens is 4. The second-order valence-electron chi connectivity index (χ2n) is 11.0. The molecule has 2 aliphatic carbocycles. The summed E-state index contributed by atoms with van der Waals surface area (Å²) in [7, 11) is 0. The van der Waals surface area contributed by atoms with Crippen LogP contribution in [0.15, 0.2) is 54.6 Å². The molecule has 0 radical (unpaired) electrons. The lowest BCUT2D eigenvalue weighted by Crippen LogP contribution is -2.32. The van der Waals surface area contributed by atoms with Gasteiger partial charge in [-0.3, -0.25) is 0 Å². The zero-order chi connectivity index (χ0) is 25.5. The molecule has 3 aliphatic rings. The number of hydrogen-bond donors (Lipinski definition) is 2. The van der Waals surface area contributed by atoms with Gasteiger partial charge in [-0.15, -0.1) is 15.3 Å². The van der Waals surface area contributed by atoms with Gasteiger partial charge in [-0.2, -0.15) is 4.68 Å². The minimum Gasteiger partial charge on any atom is -0.383 e. The quantitative estimate of drug-likeness (QED) is 0.357. The highest BCUT2D eigenvalue weighted by atomic mass is 15.4. The predicted molar refractivity (Wildman–Crippen MR) is 152 cm³/mol. The van der Waals surface area contributed by atoms with Crippen molar-refractivity contribution in [2.75, 3.05) is 24.1 Å². The number of anilines is 3. The second-order valence-corrected chi connectivity index (χ2v) is 11.0. The van der Waals surface area contributed by atoms with E-state index in [1.54, 1.807) is 4.68 Å². The smallest absolute Gasteiger partial charge is 0.178 e. The molecule has 7 heteroatoms. The summed E-state index contributed by atoms with van der Waals surface area (Å²) in [5, 5.41) is 17.4. The van der Waals surface area contributed by atoms with Gasteiger partial charge in [-0.25, -0.2) is 0 Å². The Hall–Kier alpha value is -3.71. The number of likely N-dealkylation sites (tertiary alicyclic amines) is 1. The van der Waals surface area contributed by atoms with E-state index in [9.17, 15) is 0 Å². The van der Waals surface area contributed by atoms with Crippen molar-refractivity contribution in [1.29, 1.82) is 0 Å². The van der Waals surface area contributed by atoms with Crippen LogP contribution in [0.4, 0.5) is 17.3 Å². The van der Waals surface area contributed by atoms with E-state index in [0.29, 0.717) is 17.5 Å². The molecule has 2 aromatic heterocycles. The molecule has 1 fully saturated rings. The maximum absolute atomic E-state index is 6.41. The van der Waals surface area contributed by atoms with Crippen LogP contribution >= 0.6 is 0 Å². The summed E-state index contributed by atoms with van der Waals surface area (Å²) in [6, 6.07) is 20.0. The lowest BCUT2D eigenvalue weighted by Gasteiger charge is -2.25. The summed E-state index contributed by atoms with van der Waals surface area (Å²) in [4.78, 5) is 2.71. The van der Waals surface area contributed by atoms with Crippen LogP contribution in [0.3, 0.4) is 0 Å². The highest BCUT2D eigenvalue weighted by Crippen LogP contribution is 2.32. The Kier molecular flexibility index (Phi) is 6.08. The van der Waals surface area contributed by atoms with E-state index in [1.807, 2.05) is 6.07 Å². The number of hydrogen-bond acceptors (Lipinski definition) is 6. The average molecular weight is 506 g/mol. The fraction of sp³-hybridized carbons (Fsp3) is 0.387. The van der Waals surface area contributed by atoms with Crippen molar-refractivity contribution in [3.63, 3.8) is 0 Å². The molecule has 1 unspecified atom stereocenters. The maximum Gasteiger partial charge on any atom is 0.178 e. The minimum atomic E-state index is 0.541. The number of rotatable bonds is 4. The van der Waals surface area contributed by atoms with Gasteiger partial charge < -0.3 is 16.0 Å². The van der Waals surface area contributed by atoms with Gasteiger partial charge in [0.25, 0.3) is 0 Å². The van der Waals surface area contributed by atoms with E-state index in [4.69, 9.17) is 10.8 Å². The number of benzene rings is 2. The molecule has 3 N–H and O–H groups in total. The van der Waals surface area contributed by atoms with Crippen molar-refractivity contribution in [1.82, 2.24) is 24.9 Å². The van der Waals surface area contributed by atoms with Gasteiger partial charge in [0.15, 0.2) is 11.6 Å². The van der Waals surface area contributed by atoms with Crippen LogP contribution in [0.1, 0.15) is 54.4 Å². The molecule has 2 aromatic carbocycles. The summed E-state index contributed by atoms with van der Waals surface area (Å²) >= 11 is 0. The van der Waals surface area contributed by atoms with Crippen LogP contribution < -0.4 is 11.1 Å². The maximum atomic E-state index is 6.41. The Morgan fingerprint density at radius 1 is 0.763 bits per heavy atom. The summed E-state index contributed by atoms with van der Waals surface area (Å²) in [6.07, 6.45) is 10.7. The monoisotopic (exact) mass is 505 g/mol. The van der Waals surface area contributed by atoms with Gasteiger partial charge in [-0.1, -0.05) is 30.3 Å². The fourth-order valence-corrected chi connectivity index (χ4v) is 6.61. The molecule has 1 aliphatic heterocycles. The van der Waals surface area contributed by atoms with Crippen molar-refractivity contribution < 1.29 is 0 Å². The third-order valence-corrected chi connectivity index (χ3v) is 8.61. The van der Waals surface area contributed by atoms with Crippen LogP contribution in [0.25, 0.3) is 17.1 Å². The van der Waals surface area contributed by atoms with Crippen LogP contribution in [-0.4, -0.2) is 44.0 Å². The van der Waals surface area contributed by atoms with Gasteiger partial charge in [0, 0.05) is 23.4 Å².